The zero-order valence-corrected chi connectivity index (χ0v) is 20.3. The summed E-state index contributed by atoms with van der Waals surface area (Å²) in [7, 11) is 1.66. The minimum atomic E-state index is -0.247. The standard InChI is InChI=1S/C29H30FN3O2/c1-20-16-25(35-3)15-14-23(20)9-7-13-29(34)32-31-18-27-21(2)33(28-12-5-4-11-26(27)28)19-22-8-6-10-24(30)17-22/h4-6,8,10-12,14-18H,7,9,13,19H2,1-3H3,(H,32,34)/b31-18-. The van der Waals surface area contributed by atoms with Crippen molar-refractivity contribution in [3.8, 4) is 5.75 Å². The molecule has 0 radical (unpaired) electrons. The lowest BCUT2D eigenvalue weighted by molar-refractivity contribution is -0.121. The summed E-state index contributed by atoms with van der Waals surface area (Å²) in [4.78, 5) is 12.4. The minimum Gasteiger partial charge on any atom is -0.497 e. The Morgan fingerprint density at radius 1 is 1.09 bits per heavy atom. The highest BCUT2D eigenvalue weighted by Crippen LogP contribution is 2.26. The first-order chi connectivity index (χ1) is 17.0. The van der Waals surface area contributed by atoms with E-state index in [0.717, 1.165) is 51.9 Å². The van der Waals surface area contributed by atoms with Gasteiger partial charge in [-0.3, -0.25) is 4.79 Å². The maximum atomic E-state index is 13.7. The van der Waals surface area contributed by atoms with Gasteiger partial charge in [0.05, 0.1) is 13.3 Å². The number of hydrazone groups is 1. The van der Waals surface area contributed by atoms with Gasteiger partial charge in [-0.1, -0.05) is 36.4 Å². The van der Waals surface area contributed by atoms with Crippen molar-refractivity contribution in [2.45, 2.75) is 39.7 Å². The van der Waals surface area contributed by atoms with Gasteiger partial charge in [0, 0.05) is 35.1 Å². The summed E-state index contributed by atoms with van der Waals surface area (Å²) in [5, 5.41) is 5.27. The van der Waals surface area contributed by atoms with Gasteiger partial charge in [0.15, 0.2) is 0 Å². The highest BCUT2D eigenvalue weighted by atomic mass is 19.1. The minimum absolute atomic E-state index is 0.117. The smallest absolute Gasteiger partial charge is 0.240 e. The van der Waals surface area contributed by atoms with Crippen molar-refractivity contribution in [1.29, 1.82) is 0 Å². The molecule has 3 aromatic carbocycles. The molecule has 0 aliphatic rings. The van der Waals surface area contributed by atoms with Crippen molar-refractivity contribution in [2.24, 2.45) is 5.10 Å². The molecule has 0 fully saturated rings. The average Bonchev–Trinajstić information content (AvgIpc) is 3.11. The number of rotatable bonds is 9. The number of benzene rings is 3. The largest absolute Gasteiger partial charge is 0.497 e. The summed E-state index contributed by atoms with van der Waals surface area (Å²) in [6.07, 6.45) is 3.65. The van der Waals surface area contributed by atoms with Crippen LogP contribution in [0, 0.1) is 19.7 Å². The van der Waals surface area contributed by atoms with E-state index in [1.54, 1.807) is 25.5 Å². The van der Waals surface area contributed by atoms with E-state index >= 15 is 0 Å². The van der Waals surface area contributed by atoms with E-state index < -0.39 is 0 Å². The summed E-state index contributed by atoms with van der Waals surface area (Å²) in [6, 6.07) is 20.7. The van der Waals surface area contributed by atoms with Gasteiger partial charge in [-0.2, -0.15) is 5.10 Å². The number of aromatic nitrogens is 1. The van der Waals surface area contributed by atoms with Crippen LogP contribution >= 0.6 is 0 Å². The predicted molar refractivity (Wildman–Crippen MR) is 139 cm³/mol. The number of hydrogen-bond donors (Lipinski definition) is 1. The molecule has 0 aliphatic carbocycles. The van der Waals surface area contributed by atoms with Crippen LogP contribution in [0.4, 0.5) is 4.39 Å². The van der Waals surface area contributed by atoms with Crippen LogP contribution in [0.2, 0.25) is 0 Å². The molecule has 1 amide bonds. The number of para-hydroxylation sites is 1. The van der Waals surface area contributed by atoms with Crippen molar-refractivity contribution in [3.05, 3.63) is 100 Å². The lowest BCUT2D eigenvalue weighted by Gasteiger charge is -2.09. The van der Waals surface area contributed by atoms with E-state index in [0.29, 0.717) is 13.0 Å². The third-order valence-electron chi connectivity index (χ3n) is 6.29. The number of ether oxygens (including phenoxy) is 1. The average molecular weight is 472 g/mol. The van der Waals surface area contributed by atoms with Crippen molar-refractivity contribution < 1.29 is 13.9 Å². The number of carbonyl (C=O) groups is 1. The summed E-state index contributed by atoms with van der Waals surface area (Å²) in [6.45, 7) is 4.62. The van der Waals surface area contributed by atoms with Crippen molar-refractivity contribution in [2.75, 3.05) is 7.11 Å². The van der Waals surface area contributed by atoms with Crippen LogP contribution in [0.3, 0.4) is 0 Å². The Kier molecular flexibility index (Phi) is 7.60. The Balaban J connectivity index is 1.41. The molecule has 0 atom stereocenters. The summed E-state index contributed by atoms with van der Waals surface area (Å²) < 4.78 is 21.1. The van der Waals surface area contributed by atoms with Gasteiger partial charge in [0.1, 0.15) is 11.6 Å². The number of hydrogen-bond acceptors (Lipinski definition) is 3. The number of aryl methyl sites for hydroxylation is 2. The molecular weight excluding hydrogens is 441 g/mol. The van der Waals surface area contributed by atoms with Gasteiger partial charge < -0.3 is 9.30 Å². The lowest BCUT2D eigenvalue weighted by Crippen LogP contribution is -2.17. The van der Waals surface area contributed by atoms with E-state index in [2.05, 4.69) is 22.0 Å². The second-order valence-corrected chi connectivity index (χ2v) is 8.67. The third kappa shape index (κ3) is 5.77. The van der Waals surface area contributed by atoms with Crippen LogP contribution in [0.5, 0.6) is 5.75 Å². The molecule has 0 unspecified atom stereocenters. The number of methoxy groups -OCH3 is 1. The molecule has 0 bridgehead atoms. The lowest BCUT2D eigenvalue weighted by atomic mass is 10.0. The number of amides is 1. The van der Waals surface area contributed by atoms with Crippen LogP contribution in [-0.2, 0) is 17.8 Å². The highest BCUT2D eigenvalue weighted by molar-refractivity contribution is 6.01. The number of carbonyl (C=O) groups excluding carboxylic acids is 1. The van der Waals surface area contributed by atoms with E-state index in [1.165, 1.54) is 11.6 Å². The van der Waals surface area contributed by atoms with Crippen molar-refractivity contribution >= 4 is 23.0 Å². The number of fused-ring (bicyclic) bond motifs is 1. The summed E-state index contributed by atoms with van der Waals surface area (Å²) in [5.41, 5.74) is 8.90. The Labute approximate surface area is 205 Å². The fraction of sp³-hybridized carbons (Fsp3) is 0.241. The highest BCUT2D eigenvalue weighted by Gasteiger charge is 2.13. The second-order valence-electron chi connectivity index (χ2n) is 8.67. The van der Waals surface area contributed by atoms with Crippen molar-refractivity contribution in [3.63, 3.8) is 0 Å². The zero-order chi connectivity index (χ0) is 24.8. The van der Waals surface area contributed by atoms with E-state index in [-0.39, 0.29) is 11.7 Å². The van der Waals surface area contributed by atoms with Gasteiger partial charge in [0.2, 0.25) is 5.91 Å². The molecule has 4 rings (SSSR count). The van der Waals surface area contributed by atoms with Gasteiger partial charge in [0.25, 0.3) is 0 Å². The van der Waals surface area contributed by atoms with E-state index in [9.17, 15) is 9.18 Å². The SMILES string of the molecule is COc1ccc(CCCC(=O)N/N=C\c2c(C)n(Cc3cccc(F)c3)c3ccccc23)c(C)c1. The number of halogens is 1. The molecule has 4 aromatic rings. The fourth-order valence-electron chi connectivity index (χ4n) is 4.38. The first-order valence-electron chi connectivity index (χ1n) is 11.7. The first kappa shape index (κ1) is 24.2. The van der Waals surface area contributed by atoms with Gasteiger partial charge in [-0.25, -0.2) is 9.82 Å². The maximum absolute atomic E-state index is 13.7. The molecular formula is C29H30FN3O2. The Morgan fingerprint density at radius 2 is 1.91 bits per heavy atom. The second kappa shape index (κ2) is 11.0. The molecule has 0 aliphatic heterocycles. The Bertz CT molecular complexity index is 1370. The number of nitrogens with one attached hydrogen (secondary N) is 1. The quantitative estimate of drug-likeness (QED) is 0.243. The van der Waals surface area contributed by atoms with Crippen molar-refractivity contribution in [1.82, 2.24) is 9.99 Å². The van der Waals surface area contributed by atoms with Crippen LogP contribution in [0.15, 0.2) is 71.8 Å². The van der Waals surface area contributed by atoms with Crippen LogP contribution in [0.1, 0.15) is 40.8 Å². The third-order valence-corrected chi connectivity index (χ3v) is 6.29. The van der Waals surface area contributed by atoms with Crippen LogP contribution < -0.4 is 10.2 Å². The Morgan fingerprint density at radius 3 is 2.69 bits per heavy atom. The Hall–Kier alpha value is -3.93. The number of nitrogens with zero attached hydrogens (tertiary/aromatic N) is 2. The van der Waals surface area contributed by atoms with Crippen LogP contribution in [-0.4, -0.2) is 23.8 Å². The topological polar surface area (TPSA) is 55.6 Å². The molecule has 1 heterocycles. The normalized spacial score (nSPS) is 11.3. The summed E-state index contributed by atoms with van der Waals surface area (Å²) in [5.74, 6) is 0.475. The molecule has 0 saturated carbocycles. The van der Waals surface area contributed by atoms with Gasteiger partial charge in [-0.05, 0) is 73.7 Å². The molecule has 0 saturated heterocycles. The molecule has 0 spiro atoms. The molecule has 180 valence electrons. The fourth-order valence-corrected chi connectivity index (χ4v) is 4.38. The molecule has 1 N–H and O–H groups in total. The summed E-state index contributed by atoms with van der Waals surface area (Å²) >= 11 is 0. The molecule has 6 heteroatoms. The van der Waals surface area contributed by atoms with Gasteiger partial charge in [-0.15, -0.1) is 0 Å². The van der Waals surface area contributed by atoms with Gasteiger partial charge >= 0.3 is 0 Å². The monoisotopic (exact) mass is 471 g/mol. The van der Waals surface area contributed by atoms with Crippen LogP contribution in [0.25, 0.3) is 10.9 Å². The van der Waals surface area contributed by atoms with E-state index in [1.807, 2.05) is 55.5 Å². The first-order valence-corrected chi connectivity index (χ1v) is 11.7. The molecule has 1 aromatic heterocycles. The predicted octanol–water partition coefficient (Wildman–Crippen LogP) is 5.93. The zero-order valence-electron chi connectivity index (χ0n) is 20.3. The molecule has 35 heavy (non-hydrogen) atoms. The van der Waals surface area contributed by atoms with E-state index in [4.69, 9.17) is 4.74 Å². The molecule has 5 nitrogen and oxygen atoms in total. The maximum Gasteiger partial charge on any atom is 0.240 e.